The summed E-state index contributed by atoms with van der Waals surface area (Å²) in [4.78, 5) is 0. The van der Waals surface area contributed by atoms with Crippen molar-refractivity contribution < 1.29 is 22.4 Å². The van der Waals surface area contributed by atoms with Crippen LogP contribution in [0.25, 0.3) is 0 Å². The van der Waals surface area contributed by atoms with Crippen molar-refractivity contribution in [2.75, 3.05) is 6.67 Å². The van der Waals surface area contributed by atoms with E-state index >= 15 is 0 Å². The lowest BCUT2D eigenvalue weighted by Crippen LogP contribution is -3.25. The molecule has 1 unspecified atom stereocenters. The van der Waals surface area contributed by atoms with Crippen molar-refractivity contribution in [3.05, 3.63) is 0 Å². The van der Waals surface area contributed by atoms with Gasteiger partial charge in [0.05, 0.1) is 17.5 Å². The molecule has 8 aliphatic rings. The summed E-state index contributed by atoms with van der Waals surface area (Å²) in [5.74, 6) is 1.00. The summed E-state index contributed by atoms with van der Waals surface area (Å²) < 4.78 is 39.0. The van der Waals surface area contributed by atoms with Crippen LogP contribution in [-0.4, -0.2) is 53.2 Å². The first-order valence-electron chi connectivity index (χ1n) is 7.88. The third kappa shape index (κ3) is 1.33. The molecule has 0 aromatic rings. The summed E-state index contributed by atoms with van der Waals surface area (Å²) in [6.45, 7) is 3.87. The molecule has 0 amide bonds. The van der Waals surface area contributed by atoms with E-state index in [1.807, 2.05) is 0 Å². The van der Waals surface area contributed by atoms with Crippen LogP contribution in [-0.2, 0) is 0 Å². The van der Waals surface area contributed by atoms with Crippen molar-refractivity contribution in [3.8, 4) is 0 Å². The molecular formula is C12H19BF4N4. The lowest BCUT2D eigenvalue weighted by atomic mass is 9.51. The van der Waals surface area contributed by atoms with Gasteiger partial charge >= 0.3 is 7.25 Å². The number of hydrazine groups is 1. The zero-order valence-electron chi connectivity index (χ0n) is 11.9. The second-order valence-corrected chi connectivity index (χ2v) is 7.50. The lowest BCUT2D eigenvalue weighted by molar-refractivity contribution is -1.12. The number of quaternary nitrogens is 1. The maximum atomic E-state index is 9.75. The topological polar surface area (TPSA) is 14.2 Å². The highest BCUT2D eigenvalue weighted by Gasteiger charge is 2.83. The molecule has 6 aliphatic heterocycles. The molecule has 1 N–H and O–H groups in total. The Morgan fingerprint density at radius 3 is 2.43 bits per heavy atom. The Morgan fingerprint density at radius 1 is 1.05 bits per heavy atom. The summed E-state index contributed by atoms with van der Waals surface area (Å²) in [6, 6.07) is 3.61. The number of halogens is 4. The highest BCUT2D eigenvalue weighted by atomic mass is 19.5. The summed E-state index contributed by atoms with van der Waals surface area (Å²) in [5, 5.41) is 10.0. The van der Waals surface area contributed by atoms with Gasteiger partial charge in [-0.25, -0.2) is 0 Å². The van der Waals surface area contributed by atoms with Gasteiger partial charge < -0.3 is 17.3 Å². The fourth-order valence-corrected chi connectivity index (χ4v) is 6.69. The Morgan fingerprint density at radius 2 is 1.71 bits per heavy atom. The van der Waals surface area contributed by atoms with Crippen molar-refractivity contribution in [3.63, 3.8) is 0 Å². The van der Waals surface area contributed by atoms with Gasteiger partial charge in [0, 0.05) is 18.4 Å². The third-order valence-corrected chi connectivity index (χ3v) is 7.00. The first-order valence-corrected chi connectivity index (χ1v) is 7.88. The van der Waals surface area contributed by atoms with E-state index in [9.17, 15) is 17.3 Å². The Hall–Kier alpha value is -0.375. The molecule has 2 saturated carbocycles. The molecule has 6 saturated heterocycles. The molecule has 7 bridgehead atoms. The average molecular weight is 306 g/mol. The van der Waals surface area contributed by atoms with E-state index in [0.717, 1.165) is 30.1 Å². The van der Waals surface area contributed by atoms with Gasteiger partial charge in [0.15, 0.2) is 0 Å². The standard InChI is InChI=1S/C12H18N4.BF4/c1-12-9-4-2-7-11(12)8-3-5-10(12)16-14(8)6-13(7)15(9)16;2-1(3,4)5/h7-11H,2-6H2,1H3;/q;-1/p+1/t7-,8+,9+,10-,11+,12+;. The van der Waals surface area contributed by atoms with Gasteiger partial charge in [0.2, 0.25) is 0 Å². The van der Waals surface area contributed by atoms with Crippen LogP contribution < -0.4 is 5.12 Å². The van der Waals surface area contributed by atoms with Gasteiger partial charge in [0.1, 0.15) is 12.7 Å². The average Bonchev–Trinajstić information content (AvgIpc) is 2.87. The summed E-state index contributed by atoms with van der Waals surface area (Å²) >= 11 is 0. The minimum absolute atomic E-state index is 0.661. The smallest absolute Gasteiger partial charge is 0.418 e. The van der Waals surface area contributed by atoms with E-state index in [4.69, 9.17) is 0 Å². The minimum atomic E-state index is -6.00. The number of fused-ring (bicyclic) bond motifs is 2. The molecular weight excluding hydrogens is 287 g/mol. The molecule has 9 heteroatoms. The molecule has 7 atom stereocenters. The predicted octanol–water partition coefficient (Wildman–Crippen LogP) is 0.519. The quantitative estimate of drug-likeness (QED) is 0.518. The molecule has 6 heterocycles. The number of hydrogen-bond donors (Lipinski definition) is 1. The van der Waals surface area contributed by atoms with Gasteiger partial charge in [-0.3, -0.25) is 0 Å². The Kier molecular flexibility index (Phi) is 2.23. The maximum Gasteiger partial charge on any atom is 0.673 e. The van der Waals surface area contributed by atoms with Gasteiger partial charge in [-0.15, -0.1) is 5.01 Å². The van der Waals surface area contributed by atoms with E-state index in [1.165, 1.54) is 32.4 Å². The minimum Gasteiger partial charge on any atom is -0.418 e. The van der Waals surface area contributed by atoms with Crippen molar-refractivity contribution in [2.45, 2.75) is 56.8 Å². The molecule has 118 valence electrons. The van der Waals surface area contributed by atoms with Crippen molar-refractivity contribution in [2.24, 2.45) is 11.3 Å². The highest BCUT2D eigenvalue weighted by Crippen LogP contribution is 2.63. The van der Waals surface area contributed by atoms with Crippen LogP contribution in [0.5, 0.6) is 0 Å². The molecule has 0 aromatic heterocycles. The predicted molar refractivity (Wildman–Crippen MR) is 66.7 cm³/mol. The van der Waals surface area contributed by atoms with E-state index in [1.54, 1.807) is 5.12 Å². The molecule has 4 nitrogen and oxygen atoms in total. The van der Waals surface area contributed by atoms with Crippen LogP contribution in [0.1, 0.15) is 32.6 Å². The molecule has 8 fully saturated rings. The third-order valence-electron chi connectivity index (χ3n) is 7.00. The molecule has 2 aliphatic carbocycles. The molecule has 0 spiro atoms. The van der Waals surface area contributed by atoms with Crippen molar-refractivity contribution >= 4 is 7.25 Å². The zero-order valence-corrected chi connectivity index (χ0v) is 11.9. The van der Waals surface area contributed by atoms with Crippen LogP contribution in [0.15, 0.2) is 0 Å². The van der Waals surface area contributed by atoms with Crippen molar-refractivity contribution in [1.29, 1.82) is 0 Å². The summed E-state index contributed by atoms with van der Waals surface area (Å²) in [5.41, 5.74) is 0.661. The normalized spacial score (nSPS) is 56.4. The molecule has 8 rings (SSSR count). The highest BCUT2D eigenvalue weighted by molar-refractivity contribution is 6.50. The van der Waals surface area contributed by atoms with E-state index in [0.29, 0.717) is 5.41 Å². The van der Waals surface area contributed by atoms with E-state index in [-0.39, 0.29) is 0 Å². The van der Waals surface area contributed by atoms with Crippen LogP contribution in [0.4, 0.5) is 17.3 Å². The molecule has 0 aromatic carbocycles. The van der Waals surface area contributed by atoms with E-state index < -0.39 is 7.25 Å². The van der Waals surface area contributed by atoms with Crippen LogP contribution >= 0.6 is 0 Å². The Balaban J connectivity index is 0.000000185. The fourth-order valence-electron chi connectivity index (χ4n) is 6.69. The van der Waals surface area contributed by atoms with Crippen LogP contribution in [0.2, 0.25) is 0 Å². The van der Waals surface area contributed by atoms with Gasteiger partial charge in [-0.1, -0.05) is 12.0 Å². The van der Waals surface area contributed by atoms with Crippen molar-refractivity contribution in [1.82, 2.24) is 15.1 Å². The molecule has 0 radical (unpaired) electrons. The first kappa shape index (κ1) is 13.1. The number of nitrogens with zero attached hydrogens (tertiary/aromatic N) is 3. The maximum absolute atomic E-state index is 9.75. The Bertz CT molecular complexity index is 460. The monoisotopic (exact) mass is 306 g/mol. The number of nitrogens with one attached hydrogen (secondary N) is 1. The van der Waals surface area contributed by atoms with E-state index in [2.05, 4.69) is 22.1 Å². The summed E-state index contributed by atoms with van der Waals surface area (Å²) in [6.07, 6.45) is 5.91. The SMILES string of the molecule is C[C@]12[C@H]3[C@H]4CC[C@@H]1N1N4CN4[C@H]3CC[C@H]2[NH+]41.F[B-](F)(F)F. The Labute approximate surface area is 120 Å². The van der Waals surface area contributed by atoms with Gasteiger partial charge in [-0.05, 0) is 19.3 Å². The fraction of sp³-hybridized carbons (Fsp3) is 1.00. The first-order chi connectivity index (χ1) is 9.82. The lowest BCUT2D eigenvalue weighted by Gasteiger charge is -2.63. The zero-order chi connectivity index (χ0) is 14.7. The van der Waals surface area contributed by atoms with Crippen LogP contribution in [0, 0.1) is 11.3 Å². The van der Waals surface area contributed by atoms with Crippen LogP contribution in [0.3, 0.4) is 0 Å². The second kappa shape index (κ2) is 3.58. The number of rotatable bonds is 0. The largest absolute Gasteiger partial charge is 0.673 e. The summed E-state index contributed by atoms with van der Waals surface area (Å²) in [7, 11) is -6.00. The number of hydrogen-bond acceptors (Lipinski definition) is 3. The molecule has 21 heavy (non-hydrogen) atoms. The second-order valence-electron chi connectivity index (χ2n) is 7.50. The van der Waals surface area contributed by atoms with Gasteiger partial charge in [-0.2, -0.15) is 10.1 Å². The van der Waals surface area contributed by atoms with Gasteiger partial charge in [0.25, 0.3) is 0 Å².